The summed E-state index contributed by atoms with van der Waals surface area (Å²) in [6.07, 6.45) is 0.362. The topological polar surface area (TPSA) is 42.0 Å². The normalized spacial score (nSPS) is 10.7. The predicted octanol–water partition coefficient (Wildman–Crippen LogP) is 4.59. The number of carbonyl (C=O) groups excluding carboxylic acids is 1. The maximum Gasteiger partial charge on any atom is 0.225 e. The van der Waals surface area contributed by atoms with Crippen LogP contribution in [0.15, 0.2) is 48.5 Å². The summed E-state index contributed by atoms with van der Waals surface area (Å²) in [4.78, 5) is 18.0. The summed E-state index contributed by atoms with van der Waals surface area (Å²) >= 11 is 1.59. The first kappa shape index (κ1) is 17.4. The van der Waals surface area contributed by atoms with E-state index >= 15 is 0 Å². The standard InChI is InChI=1S/C21H22N2OS/c1-14-4-8-17(9-5-14)13-22-20(24)12-19-21(23-16(3)25-19)18-10-6-15(2)7-11-18/h4-11H,12-13H2,1-3H3,(H,22,24). The van der Waals surface area contributed by atoms with Crippen molar-refractivity contribution >= 4 is 17.2 Å². The molecule has 2 aromatic carbocycles. The number of hydrogen-bond donors (Lipinski definition) is 1. The molecule has 0 radical (unpaired) electrons. The van der Waals surface area contributed by atoms with Gasteiger partial charge in [0.15, 0.2) is 0 Å². The summed E-state index contributed by atoms with van der Waals surface area (Å²) < 4.78 is 0. The molecule has 3 rings (SSSR count). The van der Waals surface area contributed by atoms with Crippen molar-refractivity contribution < 1.29 is 4.79 Å². The molecule has 25 heavy (non-hydrogen) atoms. The molecule has 1 amide bonds. The van der Waals surface area contributed by atoms with Gasteiger partial charge in [-0.25, -0.2) is 4.98 Å². The maximum atomic E-state index is 12.4. The Bertz CT molecular complexity index is 864. The van der Waals surface area contributed by atoms with Gasteiger partial charge in [0.25, 0.3) is 0 Å². The Hall–Kier alpha value is -2.46. The predicted molar refractivity (Wildman–Crippen MR) is 104 cm³/mol. The third kappa shape index (κ3) is 4.54. The molecule has 0 saturated carbocycles. The van der Waals surface area contributed by atoms with Crippen molar-refractivity contribution in [3.8, 4) is 11.3 Å². The van der Waals surface area contributed by atoms with Gasteiger partial charge in [-0.15, -0.1) is 11.3 Å². The van der Waals surface area contributed by atoms with Crippen molar-refractivity contribution in [3.63, 3.8) is 0 Å². The lowest BCUT2D eigenvalue weighted by atomic mass is 10.1. The number of amides is 1. The zero-order valence-corrected chi connectivity index (χ0v) is 15.6. The zero-order valence-electron chi connectivity index (χ0n) is 14.8. The fraction of sp³-hybridized carbons (Fsp3) is 0.238. The molecule has 3 aromatic rings. The quantitative estimate of drug-likeness (QED) is 0.731. The van der Waals surface area contributed by atoms with Crippen molar-refractivity contribution in [3.05, 3.63) is 75.1 Å². The van der Waals surface area contributed by atoms with E-state index in [0.29, 0.717) is 13.0 Å². The first-order valence-electron chi connectivity index (χ1n) is 8.37. The first-order valence-corrected chi connectivity index (χ1v) is 9.18. The lowest BCUT2D eigenvalue weighted by Gasteiger charge is -2.06. The molecule has 0 unspecified atom stereocenters. The van der Waals surface area contributed by atoms with E-state index in [-0.39, 0.29) is 5.91 Å². The molecule has 4 heteroatoms. The van der Waals surface area contributed by atoms with Crippen molar-refractivity contribution in [2.75, 3.05) is 0 Å². The van der Waals surface area contributed by atoms with Crippen LogP contribution in [-0.4, -0.2) is 10.9 Å². The van der Waals surface area contributed by atoms with Gasteiger partial charge in [-0.2, -0.15) is 0 Å². The van der Waals surface area contributed by atoms with E-state index < -0.39 is 0 Å². The fourth-order valence-corrected chi connectivity index (χ4v) is 3.60. The van der Waals surface area contributed by atoms with Gasteiger partial charge in [0, 0.05) is 17.0 Å². The lowest BCUT2D eigenvalue weighted by Crippen LogP contribution is -2.24. The van der Waals surface area contributed by atoms with Gasteiger partial charge < -0.3 is 5.32 Å². The largest absolute Gasteiger partial charge is 0.352 e. The third-order valence-electron chi connectivity index (χ3n) is 4.06. The monoisotopic (exact) mass is 350 g/mol. The molecule has 0 atom stereocenters. The number of carbonyl (C=O) groups is 1. The van der Waals surface area contributed by atoms with Crippen LogP contribution in [0.4, 0.5) is 0 Å². The molecule has 128 valence electrons. The Morgan fingerprint density at radius 3 is 2.20 bits per heavy atom. The number of thiazole rings is 1. The van der Waals surface area contributed by atoms with Crippen LogP contribution in [0.5, 0.6) is 0 Å². The van der Waals surface area contributed by atoms with Crippen LogP contribution in [0, 0.1) is 20.8 Å². The molecule has 0 fully saturated rings. The van der Waals surface area contributed by atoms with Gasteiger partial charge in [-0.3, -0.25) is 4.79 Å². The maximum absolute atomic E-state index is 12.4. The van der Waals surface area contributed by atoms with E-state index in [9.17, 15) is 4.79 Å². The van der Waals surface area contributed by atoms with Crippen molar-refractivity contribution in [2.24, 2.45) is 0 Å². The van der Waals surface area contributed by atoms with Gasteiger partial charge in [0.05, 0.1) is 17.1 Å². The van der Waals surface area contributed by atoms with Crippen LogP contribution in [0.25, 0.3) is 11.3 Å². The minimum Gasteiger partial charge on any atom is -0.352 e. The zero-order chi connectivity index (χ0) is 17.8. The second kappa shape index (κ2) is 7.62. The van der Waals surface area contributed by atoms with E-state index in [2.05, 4.69) is 60.5 Å². The molecule has 1 heterocycles. The summed E-state index contributed by atoms with van der Waals surface area (Å²) in [6, 6.07) is 16.5. The van der Waals surface area contributed by atoms with E-state index in [1.54, 1.807) is 11.3 Å². The van der Waals surface area contributed by atoms with Gasteiger partial charge in [-0.05, 0) is 26.3 Å². The van der Waals surface area contributed by atoms with Crippen LogP contribution < -0.4 is 5.32 Å². The van der Waals surface area contributed by atoms with Gasteiger partial charge in [0.2, 0.25) is 5.91 Å². The number of nitrogens with zero attached hydrogens (tertiary/aromatic N) is 1. The van der Waals surface area contributed by atoms with Crippen LogP contribution in [0.2, 0.25) is 0 Å². The molecule has 0 aliphatic heterocycles. The van der Waals surface area contributed by atoms with Crippen molar-refractivity contribution in [1.29, 1.82) is 0 Å². The Balaban J connectivity index is 1.69. The highest BCUT2D eigenvalue weighted by Crippen LogP contribution is 2.28. The summed E-state index contributed by atoms with van der Waals surface area (Å²) in [6.45, 7) is 6.66. The number of aryl methyl sites for hydroxylation is 3. The van der Waals surface area contributed by atoms with Crippen molar-refractivity contribution in [1.82, 2.24) is 10.3 Å². The van der Waals surface area contributed by atoms with Gasteiger partial charge in [-0.1, -0.05) is 59.7 Å². The first-order chi connectivity index (χ1) is 12.0. The number of benzene rings is 2. The Labute approximate surface area is 152 Å². The highest BCUT2D eigenvalue weighted by atomic mass is 32.1. The van der Waals surface area contributed by atoms with Gasteiger partial charge >= 0.3 is 0 Å². The highest BCUT2D eigenvalue weighted by molar-refractivity contribution is 7.12. The Morgan fingerprint density at radius 2 is 1.56 bits per heavy atom. The van der Waals surface area contributed by atoms with Crippen molar-refractivity contribution in [2.45, 2.75) is 33.7 Å². The number of hydrogen-bond acceptors (Lipinski definition) is 3. The molecule has 1 aromatic heterocycles. The van der Waals surface area contributed by atoms with E-state index in [4.69, 9.17) is 0 Å². The third-order valence-corrected chi connectivity index (χ3v) is 5.03. The number of rotatable bonds is 5. The summed E-state index contributed by atoms with van der Waals surface area (Å²) in [5.74, 6) is 0.0255. The second-order valence-electron chi connectivity index (χ2n) is 6.31. The average Bonchev–Trinajstić information content (AvgIpc) is 2.95. The van der Waals surface area contributed by atoms with Gasteiger partial charge in [0.1, 0.15) is 0 Å². The minimum atomic E-state index is 0.0255. The van der Waals surface area contributed by atoms with Crippen LogP contribution in [-0.2, 0) is 17.8 Å². The number of nitrogens with one attached hydrogen (secondary N) is 1. The average molecular weight is 350 g/mol. The molecular formula is C21H22N2OS. The summed E-state index contributed by atoms with van der Waals surface area (Å²) in [5.41, 5.74) is 5.54. The Kier molecular flexibility index (Phi) is 5.29. The SMILES string of the molecule is Cc1ccc(CNC(=O)Cc2sc(C)nc2-c2ccc(C)cc2)cc1. The minimum absolute atomic E-state index is 0.0255. The van der Waals surface area contributed by atoms with Crippen LogP contribution in [0.3, 0.4) is 0 Å². The molecular weight excluding hydrogens is 328 g/mol. The van der Waals surface area contributed by atoms with Crippen LogP contribution >= 0.6 is 11.3 Å². The molecule has 0 spiro atoms. The highest BCUT2D eigenvalue weighted by Gasteiger charge is 2.14. The fourth-order valence-electron chi connectivity index (χ4n) is 2.64. The molecule has 1 N–H and O–H groups in total. The number of aromatic nitrogens is 1. The summed E-state index contributed by atoms with van der Waals surface area (Å²) in [7, 11) is 0. The molecule has 0 aliphatic rings. The molecule has 0 aliphatic carbocycles. The van der Waals surface area contributed by atoms with E-state index in [0.717, 1.165) is 26.7 Å². The smallest absolute Gasteiger partial charge is 0.225 e. The van der Waals surface area contributed by atoms with Crippen LogP contribution in [0.1, 0.15) is 26.6 Å². The molecule has 0 bridgehead atoms. The Morgan fingerprint density at radius 1 is 0.960 bits per heavy atom. The van der Waals surface area contributed by atoms with E-state index in [1.165, 1.54) is 11.1 Å². The molecule has 0 saturated heterocycles. The molecule has 3 nitrogen and oxygen atoms in total. The lowest BCUT2D eigenvalue weighted by molar-refractivity contribution is -0.120. The second-order valence-corrected chi connectivity index (χ2v) is 7.60. The summed E-state index contributed by atoms with van der Waals surface area (Å²) in [5, 5.41) is 3.99. The van der Waals surface area contributed by atoms with E-state index in [1.807, 2.05) is 19.1 Å².